The van der Waals surface area contributed by atoms with Crippen LogP contribution >= 0.6 is 11.6 Å². The van der Waals surface area contributed by atoms with Crippen molar-refractivity contribution in [1.29, 1.82) is 0 Å². The number of ether oxygens (including phenoxy) is 1. The fourth-order valence-corrected chi connectivity index (χ4v) is 2.35. The van der Waals surface area contributed by atoms with Crippen molar-refractivity contribution in [2.45, 2.75) is 9.61 Å². The SMILES string of the molecule is O=S(=O)(c1ccc(NCCOCCO)cc1)C(F)(F)Cl. The first-order chi connectivity index (χ1) is 9.29. The predicted molar refractivity (Wildman–Crippen MR) is 70.8 cm³/mol. The molecule has 0 fully saturated rings. The highest BCUT2D eigenvalue weighted by molar-refractivity contribution is 7.93. The largest absolute Gasteiger partial charge is 0.427 e. The number of hydrogen-bond acceptors (Lipinski definition) is 5. The van der Waals surface area contributed by atoms with E-state index in [1.807, 2.05) is 0 Å². The first kappa shape index (κ1) is 17.1. The summed E-state index contributed by atoms with van der Waals surface area (Å²) in [7, 11) is -4.87. The van der Waals surface area contributed by atoms with Gasteiger partial charge in [0.05, 0.1) is 24.7 Å². The fourth-order valence-electron chi connectivity index (χ4n) is 1.32. The Morgan fingerprint density at radius 1 is 1.25 bits per heavy atom. The van der Waals surface area contributed by atoms with Gasteiger partial charge in [-0.25, -0.2) is 8.42 Å². The van der Waals surface area contributed by atoms with Crippen LogP contribution in [0.1, 0.15) is 0 Å². The van der Waals surface area contributed by atoms with E-state index in [-0.39, 0.29) is 13.2 Å². The highest BCUT2D eigenvalue weighted by Crippen LogP contribution is 2.32. The molecule has 20 heavy (non-hydrogen) atoms. The van der Waals surface area contributed by atoms with Crippen LogP contribution in [0.3, 0.4) is 0 Å². The highest BCUT2D eigenvalue weighted by atomic mass is 35.5. The van der Waals surface area contributed by atoms with Gasteiger partial charge in [-0.1, -0.05) is 0 Å². The summed E-state index contributed by atoms with van der Waals surface area (Å²) in [6.07, 6.45) is 0. The van der Waals surface area contributed by atoms with E-state index in [1.54, 1.807) is 0 Å². The smallest absolute Gasteiger partial charge is 0.394 e. The van der Waals surface area contributed by atoms with E-state index in [2.05, 4.69) is 16.9 Å². The van der Waals surface area contributed by atoms with E-state index < -0.39 is 19.4 Å². The molecule has 114 valence electrons. The zero-order chi connectivity index (χ0) is 15.2. The van der Waals surface area contributed by atoms with Crippen molar-refractivity contribution < 1.29 is 27.0 Å². The number of sulfone groups is 1. The standard InChI is InChI=1S/C11H14ClF2NO4S/c12-11(13,14)20(17,18)10-3-1-9(2-4-10)15-5-7-19-8-6-16/h1-4,15-16H,5-8H2. The summed E-state index contributed by atoms with van der Waals surface area (Å²) in [4.78, 5) is -0.556. The van der Waals surface area contributed by atoms with Crippen LogP contribution in [-0.2, 0) is 14.6 Å². The van der Waals surface area contributed by atoms with Crippen molar-refractivity contribution in [3.8, 4) is 0 Å². The van der Waals surface area contributed by atoms with Crippen LogP contribution in [-0.4, -0.2) is 44.6 Å². The summed E-state index contributed by atoms with van der Waals surface area (Å²) >= 11 is 4.56. The van der Waals surface area contributed by atoms with Crippen LogP contribution in [0.4, 0.5) is 14.5 Å². The Hall–Kier alpha value is -0.960. The minimum absolute atomic E-state index is 0.0702. The Bertz CT molecular complexity index is 516. The molecule has 5 nitrogen and oxygen atoms in total. The number of alkyl halides is 3. The van der Waals surface area contributed by atoms with Crippen LogP contribution in [0.15, 0.2) is 29.2 Å². The maximum absolute atomic E-state index is 12.7. The molecular formula is C11H14ClF2NO4S. The molecular weight excluding hydrogens is 316 g/mol. The maximum atomic E-state index is 12.7. The lowest BCUT2D eigenvalue weighted by molar-refractivity contribution is 0.0992. The van der Waals surface area contributed by atoms with Gasteiger partial charge in [0.1, 0.15) is 0 Å². The van der Waals surface area contributed by atoms with Gasteiger partial charge < -0.3 is 15.2 Å². The molecule has 1 aromatic rings. The number of nitrogens with one attached hydrogen (secondary N) is 1. The van der Waals surface area contributed by atoms with Gasteiger partial charge in [0, 0.05) is 12.2 Å². The molecule has 0 amide bonds. The monoisotopic (exact) mass is 329 g/mol. The number of hydrogen-bond donors (Lipinski definition) is 2. The van der Waals surface area contributed by atoms with E-state index in [0.717, 1.165) is 12.1 Å². The number of benzene rings is 1. The summed E-state index contributed by atoms with van der Waals surface area (Å²) in [5.41, 5.74) is 0.550. The second-order valence-electron chi connectivity index (χ2n) is 3.74. The van der Waals surface area contributed by atoms with Gasteiger partial charge in [0.25, 0.3) is 9.84 Å². The van der Waals surface area contributed by atoms with Crippen molar-refractivity contribution in [1.82, 2.24) is 0 Å². The number of halogens is 3. The molecule has 0 bridgehead atoms. The van der Waals surface area contributed by atoms with Crippen LogP contribution in [0, 0.1) is 0 Å². The maximum Gasteiger partial charge on any atom is 0.427 e. The number of anilines is 1. The Morgan fingerprint density at radius 2 is 1.85 bits per heavy atom. The van der Waals surface area contributed by atoms with Gasteiger partial charge in [0.15, 0.2) is 0 Å². The van der Waals surface area contributed by atoms with Crippen molar-refractivity contribution >= 4 is 27.1 Å². The Kier molecular flexibility index (Phi) is 6.12. The lowest BCUT2D eigenvalue weighted by atomic mass is 10.3. The number of aliphatic hydroxyl groups is 1. The van der Waals surface area contributed by atoms with E-state index in [1.165, 1.54) is 12.1 Å². The van der Waals surface area contributed by atoms with Gasteiger partial charge in [0.2, 0.25) is 0 Å². The minimum atomic E-state index is -4.87. The quantitative estimate of drug-likeness (QED) is 0.560. The Balaban J connectivity index is 2.61. The highest BCUT2D eigenvalue weighted by Gasteiger charge is 2.43. The molecule has 1 aromatic carbocycles. The van der Waals surface area contributed by atoms with Crippen LogP contribution in [0.2, 0.25) is 0 Å². The topological polar surface area (TPSA) is 75.6 Å². The molecule has 9 heteroatoms. The van der Waals surface area contributed by atoms with Gasteiger partial charge in [-0.2, -0.15) is 8.78 Å². The third kappa shape index (κ3) is 4.55. The van der Waals surface area contributed by atoms with Crippen molar-refractivity contribution in [3.63, 3.8) is 0 Å². The number of rotatable bonds is 8. The molecule has 0 atom stereocenters. The molecule has 0 aliphatic heterocycles. The fraction of sp³-hybridized carbons (Fsp3) is 0.455. The lowest BCUT2D eigenvalue weighted by Gasteiger charge is -2.11. The summed E-state index contributed by atoms with van der Waals surface area (Å²) in [6, 6.07) is 4.79. The molecule has 0 aliphatic rings. The molecule has 1 rings (SSSR count). The molecule has 0 radical (unpaired) electrons. The third-order valence-corrected chi connectivity index (χ3v) is 4.39. The summed E-state index contributed by atoms with van der Waals surface area (Å²) in [6.45, 7) is 0.932. The lowest BCUT2D eigenvalue weighted by Crippen LogP contribution is -2.22. The predicted octanol–water partition coefficient (Wildman–Crippen LogP) is 1.67. The number of aliphatic hydroxyl groups excluding tert-OH is 1. The van der Waals surface area contributed by atoms with Gasteiger partial charge in [-0.05, 0) is 35.9 Å². The summed E-state index contributed by atoms with van der Waals surface area (Å²) < 4.78 is 48.8. The van der Waals surface area contributed by atoms with Gasteiger partial charge in [-0.15, -0.1) is 0 Å². The van der Waals surface area contributed by atoms with Crippen molar-refractivity contribution in [2.75, 3.05) is 31.7 Å². The molecule has 0 aromatic heterocycles. The van der Waals surface area contributed by atoms with Crippen LogP contribution in [0.5, 0.6) is 0 Å². The average Bonchev–Trinajstić information content (AvgIpc) is 2.38. The second kappa shape index (κ2) is 7.16. The summed E-state index contributed by atoms with van der Waals surface area (Å²) in [5, 5.41) is 11.4. The molecule has 0 spiro atoms. The Labute approximate surface area is 120 Å². The van der Waals surface area contributed by atoms with Crippen LogP contribution in [0.25, 0.3) is 0 Å². The molecule has 0 unspecified atom stereocenters. The van der Waals surface area contributed by atoms with Crippen LogP contribution < -0.4 is 5.32 Å². The molecule has 0 aliphatic carbocycles. The zero-order valence-electron chi connectivity index (χ0n) is 10.4. The van der Waals surface area contributed by atoms with E-state index in [4.69, 9.17) is 9.84 Å². The molecule has 0 heterocycles. The average molecular weight is 330 g/mol. The first-order valence-corrected chi connectivity index (χ1v) is 7.49. The summed E-state index contributed by atoms with van der Waals surface area (Å²) in [5.74, 6) is 0. The normalized spacial score (nSPS) is 12.4. The van der Waals surface area contributed by atoms with Gasteiger partial charge in [-0.3, -0.25) is 0 Å². The second-order valence-corrected chi connectivity index (χ2v) is 6.43. The van der Waals surface area contributed by atoms with E-state index in [0.29, 0.717) is 18.8 Å². The van der Waals surface area contributed by atoms with Crippen molar-refractivity contribution in [2.24, 2.45) is 0 Å². The Morgan fingerprint density at radius 3 is 2.35 bits per heavy atom. The van der Waals surface area contributed by atoms with Crippen molar-refractivity contribution in [3.05, 3.63) is 24.3 Å². The minimum Gasteiger partial charge on any atom is -0.394 e. The molecule has 0 saturated carbocycles. The first-order valence-electron chi connectivity index (χ1n) is 5.63. The third-order valence-electron chi connectivity index (χ3n) is 2.28. The van der Waals surface area contributed by atoms with E-state index >= 15 is 0 Å². The zero-order valence-corrected chi connectivity index (χ0v) is 11.9. The van der Waals surface area contributed by atoms with Gasteiger partial charge >= 0.3 is 4.71 Å². The molecule has 2 N–H and O–H groups in total. The van der Waals surface area contributed by atoms with E-state index in [9.17, 15) is 17.2 Å². The molecule has 0 saturated heterocycles.